The van der Waals surface area contributed by atoms with E-state index in [9.17, 15) is 9.59 Å². The number of carbonyl (C=O) groups excluding carboxylic acids is 2. The van der Waals surface area contributed by atoms with Gasteiger partial charge in [0, 0.05) is 5.02 Å². The molecule has 2 saturated heterocycles. The van der Waals surface area contributed by atoms with Gasteiger partial charge in [0.05, 0.1) is 12.0 Å². The zero-order valence-electron chi connectivity index (χ0n) is 11.2. The first-order chi connectivity index (χ1) is 10.6. The topological polar surface area (TPSA) is 71.8 Å². The molecule has 1 aromatic heterocycles. The predicted octanol–water partition coefficient (Wildman–Crippen LogP) is 2.07. The molecule has 0 radical (unpaired) electrons. The van der Waals surface area contributed by atoms with Crippen molar-refractivity contribution in [2.45, 2.75) is 12.1 Å². The van der Waals surface area contributed by atoms with Crippen LogP contribution in [0, 0.1) is 5.92 Å². The van der Waals surface area contributed by atoms with Crippen molar-refractivity contribution in [3.63, 3.8) is 0 Å². The van der Waals surface area contributed by atoms with Crippen molar-refractivity contribution in [3.05, 3.63) is 53.4 Å². The molecule has 2 aliphatic rings. The van der Waals surface area contributed by atoms with Gasteiger partial charge in [-0.2, -0.15) is 0 Å². The van der Waals surface area contributed by atoms with Crippen LogP contribution in [-0.2, 0) is 14.4 Å². The van der Waals surface area contributed by atoms with E-state index in [1.165, 1.54) is 6.26 Å². The molecule has 2 aliphatic heterocycles. The standard InChI is InChI=1S/C15H11ClN2O4/c16-8-3-5-9(6-4-8)18-12(10-2-1-7-21-10)11-13(22-18)15(20)17-14(11)19/h1-7,11-13H,(H,17,19,20)/t11-,12-,13+/m0/s1. The van der Waals surface area contributed by atoms with E-state index in [1.54, 1.807) is 41.5 Å². The molecule has 0 unspecified atom stereocenters. The van der Waals surface area contributed by atoms with Crippen LogP contribution in [0.2, 0.25) is 5.02 Å². The van der Waals surface area contributed by atoms with Gasteiger partial charge in [0.15, 0.2) is 6.10 Å². The van der Waals surface area contributed by atoms with Gasteiger partial charge in [-0.25, -0.2) is 5.06 Å². The fourth-order valence-corrected chi connectivity index (χ4v) is 3.02. The van der Waals surface area contributed by atoms with Crippen molar-refractivity contribution in [1.82, 2.24) is 5.32 Å². The fraction of sp³-hybridized carbons (Fsp3) is 0.200. The third-order valence-corrected chi connectivity index (χ3v) is 4.12. The van der Waals surface area contributed by atoms with Crippen molar-refractivity contribution >= 4 is 29.1 Å². The van der Waals surface area contributed by atoms with Crippen LogP contribution in [-0.4, -0.2) is 17.9 Å². The van der Waals surface area contributed by atoms with Crippen LogP contribution in [0.4, 0.5) is 5.69 Å². The molecule has 2 fully saturated rings. The minimum atomic E-state index is -0.849. The highest BCUT2D eigenvalue weighted by Gasteiger charge is 2.57. The van der Waals surface area contributed by atoms with Gasteiger partial charge in [-0.1, -0.05) is 11.6 Å². The van der Waals surface area contributed by atoms with E-state index in [1.807, 2.05) is 0 Å². The quantitative estimate of drug-likeness (QED) is 0.858. The molecule has 0 aliphatic carbocycles. The summed E-state index contributed by atoms with van der Waals surface area (Å²) in [5.41, 5.74) is 0.695. The maximum Gasteiger partial charge on any atom is 0.259 e. The largest absolute Gasteiger partial charge is 0.467 e. The van der Waals surface area contributed by atoms with Crippen molar-refractivity contribution in [2.24, 2.45) is 5.92 Å². The fourth-order valence-electron chi connectivity index (χ4n) is 2.89. The highest BCUT2D eigenvalue weighted by molar-refractivity contribution is 6.30. The number of anilines is 1. The van der Waals surface area contributed by atoms with Crippen molar-refractivity contribution in [3.8, 4) is 0 Å². The summed E-state index contributed by atoms with van der Waals surface area (Å²) in [5.74, 6) is -0.863. The molecule has 4 rings (SSSR count). The second-order valence-electron chi connectivity index (χ2n) is 5.17. The van der Waals surface area contributed by atoms with Crippen LogP contribution in [0.25, 0.3) is 0 Å². The lowest BCUT2D eigenvalue weighted by atomic mass is 9.94. The summed E-state index contributed by atoms with van der Waals surface area (Å²) in [6.07, 6.45) is 0.676. The molecule has 2 aromatic rings. The molecule has 0 bridgehead atoms. The number of nitrogens with zero attached hydrogens (tertiary/aromatic N) is 1. The molecule has 1 aromatic carbocycles. The van der Waals surface area contributed by atoms with E-state index in [2.05, 4.69) is 5.32 Å². The average Bonchev–Trinajstić information content (AvgIpc) is 3.19. The summed E-state index contributed by atoms with van der Waals surface area (Å²) < 4.78 is 5.45. The molecule has 3 heterocycles. The van der Waals surface area contributed by atoms with Gasteiger partial charge in [0.2, 0.25) is 5.91 Å². The van der Waals surface area contributed by atoms with Crippen LogP contribution >= 0.6 is 11.6 Å². The number of rotatable bonds is 2. The van der Waals surface area contributed by atoms with Gasteiger partial charge in [0.25, 0.3) is 5.91 Å². The Kier molecular flexibility index (Phi) is 2.95. The Labute approximate surface area is 130 Å². The van der Waals surface area contributed by atoms with Crippen LogP contribution in [0.1, 0.15) is 11.8 Å². The highest BCUT2D eigenvalue weighted by atomic mass is 35.5. The molecule has 3 atom stereocenters. The Bertz CT molecular complexity index is 729. The molecule has 0 spiro atoms. The van der Waals surface area contributed by atoms with E-state index in [0.29, 0.717) is 16.5 Å². The van der Waals surface area contributed by atoms with Crippen molar-refractivity contribution in [1.29, 1.82) is 0 Å². The van der Waals surface area contributed by atoms with Crippen molar-refractivity contribution in [2.75, 3.05) is 5.06 Å². The molecular weight excluding hydrogens is 308 g/mol. The zero-order valence-corrected chi connectivity index (χ0v) is 12.0. The van der Waals surface area contributed by atoms with Gasteiger partial charge in [-0.05, 0) is 36.4 Å². The third-order valence-electron chi connectivity index (χ3n) is 3.87. The van der Waals surface area contributed by atoms with Gasteiger partial charge < -0.3 is 4.42 Å². The summed E-state index contributed by atoms with van der Waals surface area (Å²) in [7, 11) is 0. The van der Waals surface area contributed by atoms with Crippen LogP contribution in [0.3, 0.4) is 0 Å². The Morgan fingerprint density at radius 2 is 1.86 bits per heavy atom. The number of carbonyl (C=O) groups is 2. The number of hydrogen-bond donors (Lipinski definition) is 1. The molecule has 0 saturated carbocycles. The molecule has 7 heteroatoms. The van der Waals surface area contributed by atoms with E-state index in [-0.39, 0.29) is 5.91 Å². The first kappa shape index (κ1) is 13.4. The monoisotopic (exact) mass is 318 g/mol. The van der Waals surface area contributed by atoms with E-state index < -0.39 is 24.0 Å². The maximum absolute atomic E-state index is 12.1. The third kappa shape index (κ3) is 1.92. The minimum Gasteiger partial charge on any atom is -0.467 e. The number of nitrogens with one attached hydrogen (secondary N) is 1. The van der Waals surface area contributed by atoms with Gasteiger partial charge in [0.1, 0.15) is 17.7 Å². The predicted molar refractivity (Wildman–Crippen MR) is 76.9 cm³/mol. The number of benzene rings is 1. The summed E-state index contributed by atoms with van der Waals surface area (Å²) in [6.45, 7) is 0. The van der Waals surface area contributed by atoms with Crippen molar-refractivity contribution < 1.29 is 18.8 Å². The van der Waals surface area contributed by atoms with Crippen LogP contribution in [0.5, 0.6) is 0 Å². The normalized spacial score (nSPS) is 27.1. The lowest BCUT2D eigenvalue weighted by molar-refractivity contribution is -0.129. The molecule has 2 amide bonds. The second kappa shape index (κ2) is 4.86. The first-order valence-electron chi connectivity index (χ1n) is 6.75. The number of amides is 2. The number of halogens is 1. The molecule has 6 nitrogen and oxygen atoms in total. The highest BCUT2D eigenvalue weighted by Crippen LogP contribution is 2.44. The number of fused-ring (bicyclic) bond motifs is 1. The SMILES string of the molecule is O=C1NC(=O)[C@@H]2ON(c3ccc(Cl)cc3)[C@@H](c3ccco3)[C@H]12. The van der Waals surface area contributed by atoms with Gasteiger partial charge in [-0.3, -0.25) is 19.7 Å². The smallest absolute Gasteiger partial charge is 0.259 e. The maximum atomic E-state index is 12.1. The van der Waals surface area contributed by atoms with Gasteiger partial charge >= 0.3 is 0 Å². The molecule has 1 N–H and O–H groups in total. The Morgan fingerprint density at radius 1 is 1.09 bits per heavy atom. The summed E-state index contributed by atoms with van der Waals surface area (Å²) in [5, 5.41) is 4.43. The van der Waals surface area contributed by atoms with Crippen LogP contribution in [0.15, 0.2) is 47.1 Å². The number of furan rings is 1. The molecular formula is C15H11ClN2O4. The van der Waals surface area contributed by atoms with E-state index in [0.717, 1.165) is 0 Å². The average molecular weight is 319 g/mol. The summed E-state index contributed by atoms with van der Waals surface area (Å²) in [4.78, 5) is 29.7. The summed E-state index contributed by atoms with van der Waals surface area (Å²) in [6, 6.07) is 9.95. The Balaban J connectivity index is 1.78. The minimum absolute atomic E-state index is 0.354. The van der Waals surface area contributed by atoms with Crippen LogP contribution < -0.4 is 10.4 Å². The van der Waals surface area contributed by atoms with E-state index >= 15 is 0 Å². The first-order valence-corrected chi connectivity index (χ1v) is 7.12. The Hall–Kier alpha value is -2.31. The number of imide groups is 1. The zero-order chi connectivity index (χ0) is 15.3. The number of hydrogen-bond acceptors (Lipinski definition) is 5. The summed E-state index contributed by atoms with van der Waals surface area (Å²) >= 11 is 5.90. The lowest BCUT2D eigenvalue weighted by Gasteiger charge is -2.25. The van der Waals surface area contributed by atoms with Gasteiger partial charge in [-0.15, -0.1) is 0 Å². The van der Waals surface area contributed by atoms with E-state index in [4.69, 9.17) is 20.9 Å². The Morgan fingerprint density at radius 3 is 2.55 bits per heavy atom. The second-order valence-corrected chi connectivity index (χ2v) is 5.60. The molecule has 112 valence electrons. The molecule has 22 heavy (non-hydrogen) atoms. The lowest BCUT2D eigenvalue weighted by Crippen LogP contribution is -2.33. The number of hydroxylamine groups is 1.